The van der Waals surface area contributed by atoms with E-state index >= 15 is 0 Å². The van der Waals surface area contributed by atoms with Crippen LogP contribution in [-0.2, 0) is 25.7 Å². The van der Waals surface area contributed by atoms with Crippen LogP contribution in [0.25, 0.3) is 0 Å². The summed E-state index contributed by atoms with van der Waals surface area (Å²) in [5.74, 6) is -0.540. The lowest BCUT2D eigenvalue weighted by atomic mass is 10.2. The number of sulfonamides is 1. The lowest BCUT2D eigenvalue weighted by Gasteiger charge is -2.26. The Kier molecular flexibility index (Phi) is 8.23. The van der Waals surface area contributed by atoms with E-state index in [0.29, 0.717) is 12.6 Å². The summed E-state index contributed by atoms with van der Waals surface area (Å²) in [6, 6.07) is 3.36. The Morgan fingerprint density at radius 1 is 1.18 bits per heavy atom. The van der Waals surface area contributed by atoms with Gasteiger partial charge >= 0.3 is 6.18 Å². The second kappa shape index (κ2) is 10.2. The highest BCUT2D eigenvalue weighted by Gasteiger charge is 2.31. The van der Waals surface area contributed by atoms with Gasteiger partial charge in [-0.1, -0.05) is 6.07 Å². The van der Waals surface area contributed by atoms with Crippen LogP contribution in [0, 0.1) is 0 Å². The normalized spacial score (nSPS) is 16.1. The smallest absolute Gasteiger partial charge is 0.379 e. The van der Waals surface area contributed by atoms with E-state index in [1.54, 1.807) is 0 Å². The van der Waals surface area contributed by atoms with E-state index in [9.17, 15) is 26.4 Å². The second-order valence-corrected chi connectivity index (χ2v) is 8.13. The zero-order valence-electron chi connectivity index (χ0n) is 15.3. The number of alkyl halides is 3. The van der Waals surface area contributed by atoms with Crippen molar-refractivity contribution in [2.45, 2.75) is 23.9 Å². The summed E-state index contributed by atoms with van der Waals surface area (Å²) in [5, 5.41) is 2.59. The van der Waals surface area contributed by atoms with E-state index in [1.165, 1.54) is 0 Å². The SMILES string of the molecule is O=C(CNS(=O)(=O)c1cccc(C(F)(F)F)c1)NCCCCN1CCOCC1. The molecular weight excluding hydrogens is 399 g/mol. The first-order chi connectivity index (χ1) is 13.2. The molecule has 28 heavy (non-hydrogen) atoms. The number of carbonyl (C=O) groups is 1. The number of unbranched alkanes of at least 4 members (excludes halogenated alkanes) is 1. The van der Waals surface area contributed by atoms with Crippen LogP contribution < -0.4 is 10.0 Å². The maximum Gasteiger partial charge on any atom is 0.416 e. The average molecular weight is 423 g/mol. The minimum atomic E-state index is -4.65. The molecule has 0 spiro atoms. The summed E-state index contributed by atoms with van der Waals surface area (Å²) < 4.78 is 69.6. The molecule has 1 fully saturated rings. The first-order valence-electron chi connectivity index (χ1n) is 8.92. The van der Waals surface area contributed by atoms with Crippen molar-refractivity contribution in [3.8, 4) is 0 Å². The van der Waals surface area contributed by atoms with E-state index in [-0.39, 0.29) is 0 Å². The number of rotatable bonds is 9. The van der Waals surface area contributed by atoms with Gasteiger partial charge in [-0.05, 0) is 37.6 Å². The maximum atomic E-state index is 12.7. The monoisotopic (exact) mass is 423 g/mol. The third kappa shape index (κ3) is 7.38. The van der Waals surface area contributed by atoms with Crippen molar-refractivity contribution in [2.24, 2.45) is 0 Å². The van der Waals surface area contributed by atoms with Crippen LogP contribution in [-0.4, -0.2) is 65.2 Å². The number of nitrogens with one attached hydrogen (secondary N) is 2. The quantitative estimate of drug-likeness (QED) is 0.583. The molecular formula is C17H24F3N3O4S. The van der Waals surface area contributed by atoms with Crippen LogP contribution in [0.5, 0.6) is 0 Å². The molecule has 0 aliphatic carbocycles. The summed E-state index contributed by atoms with van der Waals surface area (Å²) >= 11 is 0. The molecule has 1 aliphatic rings. The zero-order chi connectivity index (χ0) is 20.6. The van der Waals surface area contributed by atoms with Crippen molar-refractivity contribution in [1.29, 1.82) is 0 Å². The molecule has 11 heteroatoms. The van der Waals surface area contributed by atoms with E-state index in [0.717, 1.165) is 63.9 Å². The van der Waals surface area contributed by atoms with Crippen molar-refractivity contribution in [1.82, 2.24) is 14.9 Å². The molecule has 0 atom stereocenters. The van der Waals surface area contributed by atoms with Crippen LogP contribution in [0.15, 0.2) is 29.2 Å². The predicted molar refractivity (Wildman–Crippen MR) is 96.1 cm³/mol. The van der Waals surface area contributed by atoms with Gasteiger partial charge in [0.1, 0.15) is 0 Å². The van der Waals surface area contributed by atoms with Crippen LogP contribution in [0.2, 0.25) is 0 Å². The number of hydrogen-bond donors (Lipinski definition) is 2. The second-order valence-electron chi connectivity index (χ2n) is 6.36. The largest absolute Gasteiger partial charge is 0.416 e. The number of amides is 1. The average Bonchev–Trinajstić information content (AvgIpc) is 2.66. The zero-order valence-corrected chi connectivity index (χ0v) is 16.1. The molecule has 7 nitrogen and oxygen atoms in total. The molecule has 0 radical (unpaired) electrons. The van der Waals surface area contributed by atoms with Crippen LogP contribution >= 0.6 is 0 Å². The third-order valence-corrected chi connectivity index (χ3v) is 5.62. The molecule has 2 rings (SSSR count). The Bertz CT molecular complexity index is 750. The van der Waals surface area contributed by atoms with Gasteiger partial charge in [-0.15, -0.1) is 0 Å². The number of halogens is 3. The number of carbonyl (C=O) groups excluding carboxylic acids is 1. The highest BCUT2D eigenvalue weighted by molar-refractivity contribution is 7.89. The minimum Gasteiger partial charge on any atom is -0.379 e. The van der Waals surface area contributed by atoms with Crippen LogP contribution in [0.3, 0.4) is 0 Å². The molecule has 1 amide bonds. The highest BCUT2D eigenvalue weighted by Crippen LogP contribution is 2.30. The van der Waals surface area contributed by atoms with E-state index in [4.69, 9.17) is 4.74 Å². The van der Waals surface area contributed by atoms with Crippen molar-refractivity contribution in [3.63, 3.8) is 0 Å². The fourth-order valence-corrected chi connectivity index (χ4v) is 3.69. The van der Waals surface area contributed by atoms with Gasteiger partial charge in [-0.2, -0.15) is 13.2 Å². The summed E-state index contributed by atoms with van der Waals surface area (Å²) in [6.07, 6.45) is -3.02. The molecule has 158 valence electrons. The van der Waals surface area contributed by atoms with Gasteiger partial charge < -0.3 is 10.1 Å². The van der Waals surface area contributed by atoms with Gasteiger partial charge in [-0.3, -0.25) is 9.69 Å². The van der Waals surface area contributed by atoms with Gasteiger partial charge in [0.25, 0.3) is 0 Å². The maximum absolute atomic E-state index is 12.7. The summed E-state index contributed by atoms with van der Waals surface area (Å²) in [5.41, 5.74) is -1.07. The van der Waals surface area contributed by atoms with E-state index < -0.39 is 39.1 Å². The lowest BCUT2D eigenvalue weighted by Crippen LogP contribution is -2.38. The van der Waals surface area contributed by atoms with Gasteiger partial charge in [0, 0.05) is 19.6 Å². The number of nitrogens with zero attached hydrogens (tertiary/aromatic N) is 1. The molecule has 1 aliphatic heterocycles. The molecule has 0 bridgehead atoms. The number of benzene rings is 1. The number of morpholine rings is 1. The van der Waals surface area contributed by atoms with Crippen LogP contribution in [0.1, 0.15) is 18.4 Å². The molecule has 0 aromatic heterocycles. The molecule has 1 saturated heterocycles. The Labute approximate surface area is 162 Å². The van der Waals surface area contributed by atoms with Crippen molar-refractivity contribution in [3.05, 3.63) is 29.8 Å². The number of hydrogen-bond acceptors (Lipinski definition) is 5. The Morgan fingerprint density at radius 3 is 2.57 bits per heavy atom. The third-order valence-electron chi connectivity index (χ3n) is 4.22. The Morgan fingerprint density at radius 2 is 1.89 bits per heavy atom. The molecule has 2 N–H and O–H groups in total. The lowest BCUT2D eigenvalue weighted by molar-refractivity contribution is -0.137. The molecule has 0 unspecified atom stereocenters. The van der Waals surface area contributed by atoms with Crippen molar-refractivity contribution >= 4 is 15.9 Å². The highest BCUT2D eigenvalue weighted by atomic mass is 32.2. The first-order valence-corrected chi connectivity index (χ1v) is 10.4. The Hall–Kier alpha value is -1.69. The minimum absolute atomic E-state index is 0.397. The summed E-state index contributed by atoms with van der Waals surface area (Å²) in [6.45, 7) is 4.00. The van der Waals surface area contributed by atoms with Gasteiger partial charge in [0.2, 0.25) is 15.9 Å². The van der Waals surface area contributed by atoms with E-state index in [2.05, 4.69) is 10.2 Å². The van der Waals surface area contributed by atoms with Gasteiger partial charge in [0.05, 0.1) is 30.2 Å². The van der Waals surface area contributed by atoms with Crippen molar-refractivity contribution < 1.29 is 31.1 Å². The van der Waals surface area contributed by atoms with Gasteiger partial charge in [-0.25, -0.2) is 13.1 Å². The van der Waals surface area contributed by atoms with Crippen LogP contribution in [0.4, 0.5) is 13.2 Å². The fraction of sp³-hybridized carbons (Fsp3) is 0.588. The van der Waals surface area contributed by atoms with Gasteiger partial charge in [0.15, 0.2) is 0 Å². The first kappa shape index (κ1) is 22.6. The molecule has 0 saturated carbocycles. The fourth-order valence-electron chi connectivity index (χ4n) is 2.66. The number of ether oxygens (including phenoxy) is 1. The predicted octanol–water partition coefficient (Wildman–Crippen LogP) is 1.21. The van der Waals surface area contributed by atoms with Crippen molar-refractivity contribution in [2.75, 3.05) is 45.9 Å². The summed E-state index contributed by atoms with van der Waals surface area (Å²) in [4.78, 5) is 13.5. The Balaban J connectivity index is 1.71. The molecule has 1 aromatic rings. The van der Waals surface area contributed by atoms with E-state index in [1.807, 2.05) is 4.72 Å². The summed E-state index contributed by atoms with van der Waals surface area (Å²) in [7, 11) is -4.22. The molecule has 1 aromatic carbocycles. The molecule has 1 heterocycles. The topological polar surface area (TPSA) is 87.7 Å². The standard InChI is InChI=1S/C17H24F3N3O4S/c18-17(19,20)14-4-3-5-15(12-14)28(25,26)22-13-16(24)21-6-1-2-7-23-8-10-27-11-9-23/h3-5,12,22H,1-2,6-11,13H2,(H,21,24).